The minimum atomic E-state index is -2.46. The van der Waals surface area contributed by atoms with Gasteiger partial charge in [-0.15, -0.1) is 0 Å². The van der Waals surface area contributed by atoms with E-state index in [2.05, 4.69) is 4.98 Å². The third kappa shape index (κ3) is 4.17. The highest BCUT2D eigenvalue weighted by Gasteiger charge is 2.27. The van der Waals surface area contributed by atoms with E-state index in [1.807, 2.05) is 36.5 Å². The SMILES string of the molecule is NC(=O)c1cc(-c2ccc(OCCO)cc2)cc2c(C3CCS(O)(O)CC3)c[nH]c12. The lowest BCUT2D eigenvalue weighted by Crippen LogP contribution is -2.19. The van der Waals surface area contributed by atoms with Crippen LogP contribution in [0.4, 0.5) is 0 Å². The second-order valence-electron chi connectivity index (χ2n) is 7.64. The Morgan fingerprint density at radius 2 is 1.83 bits per heavy atom. The molecule has 0 bridgehead atoms. The summed E-state index contributed by atoms with van der Waals surface area (Å²) in [4.78, 5) is 15.3. The zero-order chi connectivity index (χ0) is 21.3. The number of primary amides is 1. The van der Waals surface area contributed by atoms with Crippen molar-refractivity contribution in [2.45, 2.75) is 18.8 Å². The number of nitrogens with two attached hydrogens (primary N) is 1. The summed E-state index contributed by atoms with van der Waals surface area (Å²) in [5.41, 5.74) is 9.66. The Hall–Kier alpha value is -2.52. The molecule has 0 unspecified atom stereocenters. The molecule has 160 valence electrons. The maximum absolute atomic E-state index is 12.1. The number of aromatic nitrogens is 1. The summed E-state index contributed by atoms with van der Waals surface area (Å²) in [5, 5.41) is 9.82. The molecular formula is C22H26N2O5S. The summed E-state index contributed by atoms with van der Waals surface area (Å²) in [6.07, 6.45) is 3.30. The first-order valence-electron chi connectivity index (χ1n) is 9.90. The van der Waals surface area contributed by atoms with E-state index in [1.54, 1.807) is 6.07 Å². The van der Waals surface area contributed by atoms with Gasteiger partial charge in [0.05, 0.1) is 17.7 Å². The Kier molecular flexibility index (Phi) is 5.75. The van der Waals surface area contributed by atoms with Gasteiger partial charge in [-0.3, -0.25) is 13.9 Å². The Bertz CT molecular complexity index is 1050. The maximum atomic E-state index is 12.1. The van der Waals surface area contributed by atoms with Crippen molar-refractivity contribution < 1.29 is 23.7 Å². The van der Waals surface area contributed by atoms with E-state index in [-0.39, 0.29) is 19.1 Å². The summed E-state index contributed by atoms with van der Waals surface area (Å²) in [7, 11) is -2.46. The fourth-order valence-corrected chi connectivity index (χ4v) is 5.61. The molecule has 1 fully saturated rings. The van der Waals surface area contributed by atoms with E-state index >= 15 is 0 Å². The first-order valence-corrected chi connectivity index (χ1v) is 11.8. The number of carbonyl (C=O) groups is 1. The van der Waals surface area contributed by atoms with Gasteiger partial charge < -0.3 is 20.6 Å². The highest BCUT2D eigenvalue weighted by Crippen LogP contribution is 2.49. The van der Waals surface area contributed by atoms with Crippen LogP contribution in [0, 0.1) is 0 Å². The molecule has 0 saturated carbocycles. The molecule has 1 saturated heterocycles. The summed E-state index contributed by atoms with van der Waals surface area (Å²) in [6, 6.07) is 11.3. The van der Waals surface area contributed by atoms with Gasteiger partial charge >= 0.3 is 0 Å². The number of hydrogen-bond acceptors (Lipinski definition) is 5. The molecule has 8 heteroatoms. The standard InChI is InChI=1S/C22H26N2O5S/c23-22(26)19-12-16(14-1-3-17(4-2-14)29-8-7-25)11-18-20(13-24-21(18)19)15-5-9-30(27,28)10-6-15/h1-4,11-13,15,24-25,27-28H,5-10H2,(H2,23,26). The first-order chi connectivity index (χ1) is 14.4. The predicted octanol–water partition coefficient (Wildman–Crippen LogP) is 3.93. The van der Waals surface area contributed by atoms with Crippen LogP contribution >= 0.6 is 10.6 Å². The van der Waals surface area contributed by atoms with Gasteiger partial charge in [-0.05, 0) is 59.7 Å². The molecule has 7 nitrogen and oxygen atoms in total. The molecule has 3 aromatic rings. The van der Waals surface area contributed by atoms with E-state index in [0.29, 0.717) is 41.2 Å². The topological polar surface area (TPSA) is 129 Å². The van der Waals surface area contributed by atoms with Gasteiger partial charge in [-0.25, -0.2) is 0 Å². The highest BCUT2D eigenvalue weighted by molar-refractivity contribution is 8.24. The van der Waals surface area contributed by atoms with Gasteiger partial charge in [0.1, 0.15) is 12.4 Å². The minimum absolute atomic E-state index is 0.0486. The largest absolute Gasteiger partial charge is 0.491 e. The molecule has 0 spiro atoms. The van der Waals surface area contributed by atoms with Crippen molar-refractivity contribution >= 4 is 27.4 Å². The van der Waals surface area contributed by atoms with Gasteiger partial charge in [0.15, 0.2) is 0 Å². The fourth-order valence-electron chi connectivity index (χ4n) is 4.08. The number of aliphatic hydroxyl groups excluding tert-OH is 1. The van der Waals surface area contributed by atoms with E-state index in [1.165, 1.54) is 0 Å². The monoisotopic (exact) mass is 430 g/mol. The van der Waals surface area contributed by atoms with Crippen molar-refractivity contribution in [3.05, 3.63) is 53.7 Å². The van der Waals surface area contributed by atoms with Crippen molar-refractivity contribution in [3.8, 4) is 16.9 Å². The third-order valence-corrected chi connectivity index (χ3v) is 7.44. The number of ether oxygens (including phenoxy) is 1. The van der Waals surface area contributed by atoms with Gasteiger partial charge in [-0.2, -0.15) is 10.6 Å². The summed E-state index contributed by atoms with van der Waals surface area (Å²) >= 11 is 0. The van der Waals surface area contributed by atoms with E-state index in [0.717, 1.165) is 22.1 Å². The van der Waals surface area contributed by atoms with E-state index < -0.39 is 16.5 Å². The van der Waals surface area contributed by atoms with Gasteiger partial charge in [0.25, 0.3) is 5.91 Å². The number of hydrogen-bond donors (Lipinski definition) is 5. The van der Waals surface area contributed by atoms with Gasteiger partial charge in [0, 0.05) is 23.1 Å². The third-order valence-electron chi connectivity index (χ3n) is 5.66. The van der Waals surface area contributed by atoms with Crippen molar-refractivity contribution in [1.29, 1.82) is 0 Å². The molecular weight excluding hydrogens is 404 g/mol. The predicted molar refractivity (Wildman–Crippen MR) is 119 cm³/mol. The molecule has 2 aromatic carbocycles. The number of amides is 1. The number of aliphatic hydroxyl groups is 1. The number of benzene rings is 2. The molecule has 2 heterocycles. The van der Waals surface area contributed by atoms with Crippen molar-refractivity contribution in [2.24, 2.45) is 5.73 Å². The number of carbonyl (C=O) groups excluding carboxylic acids is 1. The number of H-pyrrole nitrogens is 1. The number of fused-ring (bicyclic) bond motifs is 1. The smallest absolute Gasteiger partial charge is 0.250 e. The van der Waals surface area contributed by atoms with Crippen LogP contribution in [-0.4, -0.2) is 49.8 Å². The maximum Gasteiger partial charge on any atom is 0.250 e. The first kappa shape index (κ1) is 20.7. The van der Waals surface area contributed by atoms with Crippen LogP contribution in [0.1, 0.15) is 34.7 Å². The van der Waals surface area contributed by atoms with Crippen LogP contribution in [0.5, 0.6) is 5.75 Å². The molecule has 1 aliphatic heterocycles. The lowest BCUT2D eigenvalue weighted by molar-refractivity contribution is 0.100. The molecule has 1 amide bonds. The fraction of sp³-hybridized carbons (Fsp3) is 0.318. The molecule has 4 rings (SSSR count). The molecule has 6 N–H and O–H groups in total. The van der Waals surface area contributed by atoms with Crippen molar-refractivity contribution in [2.75, 3.05) is 24.7 Å². The number of rotatable bonds is 6. The van der Waals surface area contributed by atoms with Crippen LogP contribution in [0.3, 0.4) is 0 Å². The molecule has 0 radical (unpaired) electrons. The molecule has 30 heavy (non-hydrogen) atoms. The highest BCUT2D eigenvalue weighted by atomic mass is 32.3. The summed E-state index contributed by atoms with van der Waals surface area (Å²) in [6.45, 7) is 0.183. The quantitative estimate of drug-likeness (QED) is 0.405. The number of nitrogens with one attached hydrogen (secondary N) is 1. The van der Waals surface area contributed by atoms with Crippen LogP contribution < -0.4 is 10.5 Å². The Balaban J connectivity index is 1.73. The van der Waals surface area contributed by atoms with E-state index in [9.17, 15) is 13.9 Å². The second kappa shape index (κ2) is 8.31. The molecule has 1 aliphatic rings. The van der Waals surface area contributed by atoms with Crippen LogP contribution in [0.2, 0.25) is 0 Å². The Morgan fingerprint density at radius 1 is 1.13 bits per heavy atom. The lowest BCUT2D eigenvalue weighted by Gasteiger charge is -2.39. The Labute approximate surface area is 176 Å². The molecule has 0 aliphatic carbocycles. The normalized spacial score (nSPS) is 17.7. The van der Waals surface area contributed by atoms with Crippen LogP contribution in [0.25, 0.3) is 22.0 Å². The molecule has 1 aromatic heterocycles. The molecule has 0 atom stereocenters. The van der Waals surface area contributed by atoms with Crippen LogP contribution in [-0.2, 0) is 0 Å². The van der Waals surface area contributed by atoms with Crippen LogP contribution in [0.15, 0.2) is 42.6 Å². The van der Waals surface area contributed by atoms with E-state index in [4.69, 9.17) is 15.6 Å². The van der Waals surface area contributed by atoms with Crippen molar-refractivity contribution in [1.82, 2.24) is 4.98 Å². The Morgan fingerprint density at radius 3 is 2.47 bits per heavy atom. The van der Waals surface area contributed by atoms with Gasteiger partial charge in [0.2, 0.25) is 0 Å². The summed E-state index contributed by atoms with van der Waals surface area (Å²) in [5.74, 6) is 1.16. The second-order valence-corrected chi connectivity index (χ2v) is 10.1. The van der Waals surface area contributed by atoms with Crippen molar-refractivity contribution in [3.63, 3.8) is 0 Å². The number of aromatic amines is 1. The van der Waals surface area contributed by atoms with Gasteiger partial charge in [-0.1, -0.05) is 12.1 Å². The summed E-state index contributed by atoms with van der Waals surface area (Å²) < 4.78 is 25.3. The lowest BCUT2D eigenvalue weighted by atomic mass is 9.91. The zero-order valence-corrected chi connectivity index (χ0v) is 17.3. The minimum Gasteiger partial charge on any atom is -0.491 e. The average Bonchev–Trinajstić information content (AvgIpc) is 3.16. The average molecular weight is 431 g/mol. The zero-order valence-electron chi connectivity index (χ0n) is 16.5.